The maximum absolute atomic E-state index is 10.8. The van der Waals surface area contributed by atoms with Gasteiger partial charge in [0.05, 0.1) is 16.9 Å². The van der Waals surface area contributed by atoms with Crippen LogP contribution >= 0.6 is 0 Å². The molecule has 0 saturated carbocycles. The number of sulfonamides is 1. The van der Waals surface area contributed by atoms with Crippen LogP contribution in [0, 0.1) is 10.1 Å². The first-order valence-electron chi connectivity index (χ1n) is 5.26. The molecule has 0 saturated heterocycles. The first-order valence-corrected chi connectivity index (χ1v) is 7.15. The highest BCUT2D eigenvalue weighted by molar-refractivity contribution is 7.88. The zero-order valence-corrected chi connectivity index (χ0v) is 11.0. The summed E-state index contributed by atoms with van der Waals surface area (Å²) in [6.07, 6.45) is 1.05. The second kappa shape index (κ2) is 6.31. The van der Waals surface area contributed by atoms with Crippen molar-refractivity contribution in [2.75, 3.05) is 30.1 Å². The lowest BCUT2D eigenvalue weighted by Gasteiger charge is -2.08. The van der Waals surface area contributed by atoms with E-state index in [1.165, 1.54) is 12.1 Å². The van der Waals surface area contributed by atoms with Gasteiger partial charge in [0.1, 0.15) is 0 Å². The summed E-state index contributed by atoms with van der Waals surface area (Å²) in [5.41, 5.74) is 3.06. The topological polar surface area (TPSA) is 139 Å². The van der Waals surface area contributed by atoms with Crippen LogP contribution in [0.2, 0.25) is 0 Å². The Bertz CT molecular complexity index is 560. The largest absolute Gasteiger partial charge is 0.383 e. The minimum Gasteiger partial charge on any atom is -0.383 e. The number of nitrogens with zero attached hydrogens (tertiary/aromatic N) is 1. The van der Waals surface area contributed by atoms with Crippen molar-refractivity contribution in [3.63, 3.8) is 0 Å². The molecule has 0 radical (unpaired) electrons. The molecule has 0 aliphatic heterocycles. The van der Waals surface area contributed by atoms with E-state index in [2.05, 4.69) is 15.5 Å². The lowest BCUT2D eigenvalue weighted by atomic mass is 10.2. The average molecular weight is 289 g/mol. The van der Waals surface area contributed by atoms with Crippen molar-refractivity contribution in [1.82, 2.24) is 4.72 Å². The summed E-state index contributed by atoms with van der Waals surface area (Å²) in [5, 5.41) is 13.6. The van der Waals surface area contributed by atoms with E-state index >= 15 is 0 Å². The van der Waals surface area contributed by atoms with E-state index in [0.29, 0.717) is 11.4 Å². The number of benzene rings is 1. The van der Waals surface area contributed by atoms with Gasteiger partial charge in [-0.15, -0.1) is 0 Å². The van der Waals surface area contributed by atoms with Crippen LogP contribution in [0.4, 0.5) is 17.1 Å². The van der Waals surface area contributed by atoms with Gasteiger partial charge in [0.25, 0.3) is 5.69 Å². The van der Waals surface area contributed by atoms with E-state index in [1.807, 2.05) is 0 Å². The number of nitrogens with one attached hydrogen (secondary N) is 3. The number of nitro benzene ring substituents is 1. The predicted molar refractivity (Wildman–Crippen MR) is 72.2 cm³/mol. The van der Waals surface area contributed by atoms with Crippen LogP contribution in [0.15, 0.2) is 18.2 Å². The molecule has 1 aromatic rings. The molecule has 106 valence electrons. The molecule has 0 bridgehead atoms. The molecular formula is C9H15N5O4S. The minimum atomic E-state index is -3.24. The van der Waals surface area contributed by atoms with Crippen molar-refractivity contribution in [3.8, 4) is 0 Å². The summed E-state index contributed by atoms with van der Waals surface area (Å²) in [6, 6.07) is 4.20. The first kappa shape index (κ1) is 15.1. The van der Waals surface area contributed by atoms with Gasteiger partial charge in [-0.2, -0.15) is 0 Å². The molecule has 0 aliphatic carbocycles. The quantitative estimate of drug-likeness (QED) is 0.237. The van der Waals surface area contributed by atoms with E-state index in [0.717, 1.165) is 6.26 Å². The van der Waals surface area contributed by atoms with E-state index < -0.39 is 14.9 Å². The third kappa shape index (κ3) is 5.50. The van der Waals surface area contributed by atoms with Crippen LogP contribution in [0.25, 0.3) is 0 Å². The van der Waals surface area contributed by atoms with Crippen molar-refractivity contribution in [3.05, 3.63) is 28.3 Å². The van der Waals surface area contributed by atoms with E-state index in [-0.39, 0.29) is 18.8 Å². The first-order chi connectivity index (χ1) is 8.81. The average Bonchev–Trinajstić information content (AvgIpc) is 2.33. The Morgan fingerprint density at radius 2 is 1.89 bits per heavy atom. The number of hydrogen-bond acceptors (Lipinski definition) is 7. The number of anilines is 2. The number of hydrogen-bond donors (Lipinski definition) is 4. The zero-order chi connectivity index (χ0) is 14.5. The van der Waals surface area contributed by atoms with Gasteiger partial charge in [-0.1, -0.05) is 0 Å². The van der Waals surface area contributed by atoms with Gasteiger partial charge in [0.15, 0.2) is 0 Å². The minimum absolute atomic E-state index is 0.117. The molecule has 0 spiro atoms. The van der Waals surface area contributed by atoms with Crippen molar-refractivity contribution < 1.29 is 13.3 Å². The standard InChI is InChI=1S/C9H15N5O4S/c1-19(17,18)12-3-2-11-7-4-8(13-10)6-9(5-7)14(15)16/h4-6,11-13H,2-3,10H2,1H3. The number of nitro groups is 1. The Labute approximate surface area is 110 Å². The summed E-state index contributed by atoms with van der Waals surface area (Å²) in [6.45, 7) is 0.463. The van der Waals surface area contributed by atoms with Crippen molar-refractivity contribution in [1.29, 1.82) is 0 Å². The van der Waals surface area contributed by atoms with Crippen molar-refractivity contribution >= 4 is 27.1 Å². The third-order valence-electron chi connectivity index (χ3n) is 2.11. The summed E-state index contributed by atoms with van der Waals surface area (Å²) in [4.78, 5) is 10.2. The molecule has 0 aromatic heterocycles. The Hall–Kier alpha value is -1.91. The highest BCUT2D eigenvalue weighted by Gasteiger charge is 2.09. The van der Waals surface area contributed by atoms with Gasteiger partial charge in [-0.3, -0.25) is 16.0 Å². The fraction of sp³-hybridized carbons (Fsp3) is 0.333. The van der Waals surface area contributed by atoms with E-state index in [9.17, 15) is 18.5 Å². The maximum Gasteiger partial charge on any atom is 0.273 e. The molecule has 19 heavy (non-hydrogen) atoms. The smallest absolute Gasteiger partial charge is 0.273 e. The SMILES string of the molecule is CS(=O)(=O)NCCNc1cc(NN)cc([N+](=O)[O-])c1. The number of non-ortho nitro benzene ring substituents is 1. The van der Waals surface area contributed by atoms with Gasteiger partial charge >= 0.3 is 0 Å². The molecule has 9 nitrogen and oxygen atoms in total. The van der Waals surface area contributed by atoms with Crippen LogP contribution < -0.4 is 21.3 Å². The molecule has 0 unspecified atom stereocenters. The van der Waals surface area contributed by atoms with E-state index in [4.69, 9.17) is 5.84 Å². The lowest BCUT2D eigenvalue weighted by Crippen LogP contribution is -2.27. The van der Waals surface area contributed by atoms with Crippen LogP contribution in [0.1, 0.15) is 0 Å². The van der Waals surface area contributed by atoms with Crippen LogP contribution in [-0.4, -0.2) is 32.7 Å². The Balaban J connectivity index is 2.67. The molecule has 0 heterocycles. The highest BCUT2D eigenvalue weighted by atomic mass is 32.2. The van der Waals surface area contributed by atoms with Crippen molar-refractivity contribution in [2.24, 2.45) is 5.84 Å². The number of hydrazine groups is 1. The van der Waals surface area contributed by atoms with Crippen LogP contribution in [0.3, 0.4) is 0 Å². The zero-order valence-electron chi connectivity index (χ0n) is 10.2. The summed E-state index contributed by atoms with van der Waals surface area (Å²) < 4.78 is 24.0. The second-order valence-electron chi connectivity index (χ2n) is 3.76. The molecule has 0 atom stereocenters. The third-order valence-corrected chi connectivity index (χ3v) is 2.84. The fourth-order valence-electron chi connectivity index (χ4n) is 1.35. The Morgan fingerprint density at radius 1 is 1.26 bits per heavy atom. The fourth-order valence-corrected chi connectivity index (χ4v) is 1.82. The monoisotopic (exact) mass is 289 g/mol. The van der Waals surface area contributed by atoms with Crippen molar-refractivity contribution in [2.45, 2.75) is 0 Å². The lowest BCUT2D eigenvalue weighted by molar-refractivity contribution is -0.384. The Kier molecular flexibility index (Phi) is 5.03. The van der Waals surface area contributed by atoms with Gasteiger partial charge in [-0.05, 0) is 6.07 Å². The van der Waals surface area contributed by atoms with E-state index in [1.54, 1.807) is 6.07 Å². The molecule has 1 aromatic carbocycles. The molecule has 5 N–H and O–H groups in total. The molecular weight excluding hydrogens is 274 g/mol. The number of nitrogen functional groups attached to an aromatic ring is 1. The van der Waals surface area contributed by atoms with Gasteiger partial charge < -0.3 is 10.7 Å². The van der Waals surface area contributed by atoms with Crippen LogP contribution in [-0.2, 0) is 10.0 Å². The summed E-state index contributed by atoms with van der Waals surface area (Å²) in [5.74, 6) is 5.21. The molecule has 0 amide bonds. The van der Waals surface area contributed by atoms with Gasteiger partial charge in [-0.25, -0.2) is 13.1 Å². The normalized spacial score (nSPS) is 11.1. The molecule has 0 fully saturated rings. The predicted octanol–water partition coefficient (Wildman–Crippen LogP) is -0.158. The Morgan fingerprint density at radius 3 is 2.42 bits per heavy atom. The van der Waals surface area contributed by atoms with Crippen LogP contribution in [0.5, 0.6) is 0 Å². The van der Waals surface area contributed by atoms with Gasteiger partial charge in [0.2, 0.25) is 10.0 Å². The maximum atomic E-state index is 10.8. The van der Waals surface area contributed by atoms with Gasteiger partial charge in [0, 0.05) is 30.9 Å². The summed E-state index contributed by atoms with van der Waals surface area (Å²) in [7, 11) is -3.24. The summed E-state index contributed by atoms with van der Waals surface area (Å²) >= 11 is 0. The molecule has 10 heteroatoms. The molecule has 1 rings (SSSR count). The number of rotatable bonds is 7. The second-order valence-corrected chi connectivity index (χ2v) is 5.60. The number of nitrogens with two attached hydrogens (primary N) is 1. The molecule has 0 aliphatic rings. The highest BCUT2D eigenvalue weighted by Crippen LogP contribution is 2.23.